The van der Waals surface area contributed by atoms with Crippen molar-refractivity contribution in [3.63, 3.8) is 0 Å². The molecule has 2 aromatic rings. The number of thiophene rings is 1. The Balaban J connectivity index is 2.15. The van der Waals surface area contributed by atoms with Gasteiger partial charge in [0.1, 0.15) is 5.84 Å². The second kappa shape index (κ2) is 7.74. The summed E-state index contributed by atoms with van der Waals surface area (Å²) in [6, 6.07) is 9.39. The fraction of sp³-hybridized carbons (Fsp3) is 0.222. The predicted molar refractivity (Wildman–Crippen MR) is 98.7 cm³/mol. The van der Waals surface area contributed by atoms with Crippen LogP contribution < -0.4 is 10.6 Å². The molecule has 0 bridgehead atoms. The van der Waals surface area contributed by atoms with E-state index >= 15 is 0 Å². The van der Waals surface area contributed by atoms with Gasteiger partial charge in [-0.15, -0.1) is 11.3 Å². The lowest BCUT2D eigenvalue weighted by atomic mass is 9.99. The molecule has 1 heterocycles. The summed E-state index contributed by atoms with van der Waals surface area (Å²) >= 11 is 1.57. The van der Waals surface area contributed by atoms with E-state index in [0.717, 1.165) is 17.0 Å². The van der Waals surface area contributed by atoms with Crippen LogP contribution in [0.4, 0.5) is 11.4 Å². The van der Waals surface area contributed by atoms with Crippen molar-refractivity contribution in [2.45, 2.75) is 26.2 Å². The van der Waals surface area contributed by atoms with Gasteiger partial charge in [0.25, 0.3) is 0 Å². The molecule has 0 spiro atoms. The topological polar surface area (TPSA) is 65.0 Å². The van der Waals surface area contributed by atoms with Gasteiger partial charge in [-0.3, -0.25) is 10.2 Å². The lowest BCUT2D eigenvalue weighted by Crippen LogP contribution is -2.13. The van der Waals surface area contributed by atoms with Crippen LogP contribution in [0.3, 0.4) is 0 Å². The number of carbonyl (C=O) groups is 1. The molecule has 120 valence electrons. The first-order valence-electron chi connectivity index (χ1n) is 7.52. The summed E-state index contributed by atoms with van der Waals surface area (Å²) in [7, 11) is 0. The maximum absolute atomic E-state index is 11.4. The Hall–Kier alpha value is -2.40. The Labute approximate surface area is 140 Å². The molecular weight excluding hydrogens is 306 g/mol. The van der Waals surface area contributed by atoms with Gasteiger partial charge in [-0.2, -0.15) is 0 Å². The van der Waals surface area contributed by atoms with Crippen molar-refractivity contribution < 1.29 is 4.79 Å². The third-order valence-corrected chi connectivity index (χ3v) is 4.60. The summed E-state index contributed by atoms with van der Waals surface area (Å²) in [5.74, 6) is 0.550. The second-order valence-electron chi connectivity index (χ2n) is 5.29. The van der Waals surface area contributed by atoms with Crippen molar-refractivity contribution in [1.29, 1.82) is 5.41 Å². The summed E-state index contributed by atoms with van der Waals surface area (Å²) in [5, 5.41) is 16.2. The number of anilines is 2. The number of amidine groups is 1. The van der Waals surface area contributed by atoms with Crippen molar-refractivity contribution in [3.05, 3.63) is 58.8 Å². The van der Waals surface area contributed by atoms with Crippen molar-refractivity contribution in [2.24, 2.45) is 0 Å². The minimum atomic E-state index is -0.255. The average molecular weight is 327 g/mol. The number of rotatable bonds is 6. The number of nitrogens with one attached hydrogen (secondary N) is 3. The van der Waals surface area contributed by atoms with E-state index in [4.69, 9.17) is 5.41 Å². The molecule has 23 heavy (non-hydrogen) atoms. The van der Waals surface area contributed by atoms with Crippen LogP contribution >= 0.6 is 11.3 Å². The fourth-order valence-corrected chi connectivity index (χ4v) is 3.12. The fourth-order valence-electron chi connectivity index (χ4n) is 2.20. The Morgan fingerprint density at radius 1 is 1.35 bits per heavy atom. The van der Waals surface area contributed by atoms with Crippen molar-refractivity contribution in [3.8, 4) is 0 Å². The lowest BCUT2D eigenvalue weighted by molar-refractivity contribution is -0.111. The number of hydrogen-bond donors (Lipinski definition) is 3. The predicted octanol–water partition coefficient (Wildman–Crippen LogP) is 4.82. The van der Waals surface area contributed by atoms with Gasteiger partial charge in [0, 0.05) is 11.4 Å². The molecule has 0 saturated carbocycles. The van der Waals surface area contributed by atoms with E-state index in [9.17, 15) is 4.79 Å². The average Bonchev–Trinajstić information content (AvgIpc) is 3.04. The molecule has 0 fully saturated rings. The largest absolute Gasteiger partial charge is 0.339 e. The quantitative estimate of drug-likeness (QED) is 0.404. The van der Waals surface area contributed by atoms with E-state index in [1.54, 1.807) is 23.5 Å². The zero-order valence-electron chi connectivity index (χ0n) is 13.3. The summed E-state index contributed by atoms with van der Waals surface area (Å²) in [6.45, 7) is 7.75. The molecule has 0 radical (unpaired) electrons. The first-order valence-corrected chi connectivity index (χ1v) is 8.40. The lowest BCUT2D eigenvalue weighted by Gasteiger charge is -2.13. The standard InChI is InChI=1S/C18H21N3OS/c1-4-12(3)15-9-10-23-17(15)18(19)21-14-8-6-7-13(11-14)20-16(22)5-2/h5-12H,2,4H2,1,3H3,(H2,19,21)(H,20,22). The molecule has 5 heteroatoms. The molecule has 1 atom stereocenters. The van der Waals surface area contributed by atoms with E-state index in [0.29, 0.717) is 17.4 Å². The molecule has 4 nitrogen and oxygen atoms in total. The molecule has 1 unspecified atom stereocenters. The minimum absolute atomic E-state index is 0.255. The molecular formula is C18H21N3OS. The van der Waals surface area contributed by atoms with E-state index < -0.39 is 0 Å². The third kappa shape index (κ3) is 4.29. The maximum atomic E-state index is 11.4. The van der Waals surface area contributed by atoms with Gasteiger partial charge >= 0.3 is 0 Å². The van der Waals surface area contributed by atoms with E-state index in [-0.39, 0.29) is 5.91 Å². The van der Waals surface area contributed by atoms with Gasteiger partial charge in [0.05, 0.1) is 4.88 Å². The van der Waals surface area contributed by atoms with Gasteiger partial charge in [-0.25, -0.2) is 0 Å². The molecule has 1 amide bonds. The van der Waals surface area contributed by atoms with Crippen LogP contribution in [0.1, 0.15) is 36.6 Å². The van der Waals surface area contributed by atoms with Crippen LogP contribution in [0, 0.1) is 5.41 Å². The van der Waals surface area contributed by atoms with Crippen LogP contribution in [0.2, 0.25) is 0 Å². The van der Waals surface area contributed by atoms with E-state index in [2.05, 4.69) is 37.1 Å². The van der Waals surface area contributed by atoms with E-state index in [1.165, 1.54) is 11.6 Å². The van der Waals surface area contributed by atoms with E-state index in [1.807, 2.05) is 17.5 Å². The van der Waals surface area contributed by atoms with Gasteiger partial charge in [0.15, 0.2) is 0 Å². The highest BCUT2D eigenvalue weighted by molar-refractivity contribution is 7.12. The van der Waals surface area contributed by atoms with Crippen LogP contribution in [0.15, 0.2) is 48.4 Å². The molecule has 3 N–H and O–H groups in total. The summed E-state index contributed by atoms with van der Waals surface area (Å²) in [4.78, 5) is 12.3. The molecule has 0 aliphatic carbocycles. The van der Waals surface area contributed by atoms with Crippen molar-refractivity contribution in [1.82, 2.24) is 0 Å². The van der Waals surface area contributed by atoms with Gasteiger partial charge in [-0.1, -0.05) is 26.5 Å². The highest BCUT2D eigenvalue weighted by atomic mass is 32.1. The van der Waals surface area contributed by atoms with Gasteiger partial charge in [0.2, 0.25) is 5.91 Å². The smallest absolute Gasteiger partial charge is 0.247 e. The maximum Gasteiger partial charge on any atom is 0.247 e. The second-order valence-corrected chi connectivity index (χ2v) is 6.20. The summed E-state index contributed by atoms with van der Waals surface area (Å²) in [5.41, 5.74) is 2.63. The minimum Gasteiger partial charge on any atom is -0.339 e. The Morgan fingerprint density at radius 2 is 2.04 bits per heavy atom. The molecule has 0 aliphatic heterocycles. The molecule has 1 aromatic carbocycles. The highest BCUT2D eigenvalue weighted by Gasteiger charge is 2.14. The highest BCUT2D eigenvalue weighted by Crippen LogP contribution is 2.28. The Morgan fingerprint density at radius 3 is 2.70 bits per heavy atom. The molecule has 1 aromatic heterocycles. The van der Waals surface area contributed by atoms with Crippen LogP contribution in [0.5, 0.6) is 0 Å². The first kappa shape index (κ1) is 17.0. The molecule has 0 aliphatic rings. The van der Waals surface area contributed by atoms with Crippen LogP contribution in [-0.4, -0.2) is 11.7 Å². The van der Waals surface area contributed by atoms with Gasteiger partial charge in [-0.05, 0) is 53.6 Å². The van der Waals surface area contributed by atoms with Crippen molar-refractivity contribution >= 4 is 34.5 Å². The zero-order valence-corrected chi connectivity index (χ0v) is 14.2. The number of amides is 1. The van der Waals surface area contributed by atoms with Crippen LogP contribution in [0.25, 0.3) is 0 Å². The number of hydrogen-bond acceptors (Lipinski definition) is 3. The summed E-state index contributed by atoms with van der Waals surface area (Å²) < 4.78 is 0. The van der Waals surface area contributed by atoms with Crippen LogP contribution in [-0.2, 0) is 4.79 Å². The molecule has 0 saturated heterocycles. The number of benzene rings is 1. The summed E-state index contributed by atoms with van der Waals surface area (Å²) in [6.07, 6.45) is 2.27. The SMILES string of the molecule is C=CC(=O)Nc1cccc(NC(=N)c2sccc2C(C)CC)c1. The van der Waals surface area contributed by atoms with Gasteiger partial charge < -0.3 is 10.6 Å². The van der Waals surface area contributed by atoms with Crippen molar-refractivity contribution in [2.75, 3.05) is 10.6 Å². The Kier molecular flexibility index (Phi) is 5.71. The molecule has 2 rings (SSSR count). The monoisotopic (exact) mass is 327 g/mol. The Bertz CT molecular complexity index is 721. The normalized spacial score (nSPS) is 11.6. The third-order valence-electron chi connectivity index (χ3n) is 3.65. The first-order chi connectivity index (χ1) is 11.0. The number of carbonyl (C=O) groups excluding carboxylic acids is 1. The zero-order chi connectivity index (χ0) is 16.8.